The van der Waals surface area contributed by atoms with Crippen LogP contribution < -0.4 is 11.1 Å². The fourth-order valence-electron chi connectivity index (χ4n) is 1.48. The molecule has 1 heterocycles. The van der Waals surface area contributed by atoms with Gasteiger partial charge in [0, 0.05) is 10.7 Å². The van der Waals surface area contributed by atoms with E-state index in [0.717, 1.165) is 12.1 Å². The molecule has 21 heavy (non-hydrogen) atoms. The van der Waals surface area contributed by atoms with Crippen LogP contribution in [0.15, 0.2) is 30.3 Å². The second kappa shape index (κ2) is 5.57. The van der Waals surface area contributed by atoms with Gasteiger partial charge in [0.05, 0.1) is 5.56 Å². The highest BCUT2D eigenvalue weighted by Gasteiger charge is 2.31. The molecule has 0 spiro atoms. The smallest absolute Gasteiger partial charge is 0.382 e. The molecule has 1 amide bonds. The summed E-state index contributed by atoms with van der Waals surface area (Å²) >= 11 is 5.61. The van der Waals surface area contributed by atoms with Crippen LogP contribution in [0.3, 0.4) is 0 Å². The number of carbonyl (C=O) groups excluding carboxylic acids is 1. The van der Waals surface area contributed by atoms with E-state index in [9.17, 15) is 18.0 Å². The number of hydrogen-bond donors (Lipinski definition) is 2. The molecule has 0 aliphatic heterocycles. The van der Waals surface area contributed by atoms with Crippen LogP contribution >= 0.6 is 11.6 Å². The summed E-state index contributed by atoms with van der Waals surface area (Å²) in [7, 11) is 0. The zero-order valence-electron chi connectivity index (χ0n) is 10.3. The number of hydrogen-bond acceptors (Lipinski definition) is 4. The van der Waals surface area contributed by atoms with Gasteiger partial charge >= 0.3 is 6.18 Å². The summed E-state index contributed by atoms with van der Waals surface area (Å²) < 4.78 is 37.9. The van der Waals surface area contributed by atoms with Gasteiger partial charge in [0.25, 0.3) is 5.91 Å². The summed E-state index contributed by atoms with van der Waals surface area (Å²) in [6.07, 6.45) is -4.56. The van der Waals surface area contributed by atoms with Crippen molar-refractivity contribution in [3.8, 4) is 0 Å². The van der Waals surface area contributed by atoms with Gasteiger partial charge < -0.3 is 11.1 Å². The van der Waals surface area contributed by atoms with Crippen molar-refractivity contribution in [3.05, 3.63) is 46.6 Å². The second-order valence-electron chi connectivity index (χ2n) is 4.02. The van der Waals surface area contributed by atoms with Gasteiger partial charge in [-0.2, -0.15) is 13.2 Å². The molecule has 110 valence electrons. The van der Waals surface area contributed by atoms with Crippen LogP contribution in [0.25, 0.3) is 0 Å². The first-order valence-electron chi connectivity index (χ1n) is 5.54. The molecular weight excluding hydrogens is 309 g/mol. The van der Waals surface area contributed by atoms with Crippen molar-refractivity contribution >= 4 is 29.0 Å². The van der Waals surface area contributed by atoms with Crippen LogP contribution in [-0.4, -0.2) is 16.1 Å². The highest BCUT2D eigenvalue weighted by Crippen LogP contribution is 2.33. The highest BCUT2D eigenvalue weighted by molar-refractivity contribution is 6.31. The quantitative estimate of drug-likeness (QED) is 0.892. The number of nitrogens with zero attached hydrogens (tertiary/aromatic N) is 2. The molecule has 0 atom stereocenters. The maximum absolute atomic E-state index is 12.6. The normalized spacial score (nSPS) is 11.2. The molecule has 0 bridgehead atoms. The van der Waals surface area contributed by atoms with Gasteiger partial charge in [-0.3, -0.25) is 4.79 Å². The van der Waals surface area contributed by atoms with Gasteiger partial charge in [-0.25, -0.2) is 0 Å². The predicted octanol–water partition coefficient (Wildman–Crippen LogP) is 2.98. The molecule has 2 rings (SSSR count). The minimum atomic E-state index is -4.56. The number of halogens is 4. The monoisotopic (exact) mass is 316 g/mol. The number of amides is 1. The van der Waals surface area contributed by atoms with Crippen LogP contribution in [0, 0.1) is 0 Å². The Hall–Kier alpha value is -2.35. The maximum Gasteiger partial charge on any atom is 0.416 e. The minimum absolute atomic E-state index is 0.0854. The van der Waals surface area contributed by atoms with Crippen molar-refractivity contribution in [1.82, 2.24) is 10.2 Å². The van der Waals surface area contributed by atoms with Crippen molar-refractivity contribution in [1.29, 1.82) is 0 Å². The van der Waals surface area contributed by atoms with Crippen molar-refractivity contribution in [2.45, 2.75) is 6.18 Å². The molecule has 0 fully saturated rings. The lowest BCUT2D eigenvalue weighted by Crippen LogP contribution is -2.15. The molecule has 0 unspecified atom stereocenters. The summed E-state index contributed by atoms with van der Waals surface area (Å²) in [5, 5.41) is 9.12. The van der Waals surface area contributed by atoms with Gasteiger partial charge in [0.2, 0.25) is 0 Å². The molecule has 0 aliphatic rings. The van der Waals surface area contributed by atoms with Crippen molar-refractivity contribution in [3.63, 3.8) is 0 Å². The van der Waals surface area contributed by atoms with Gasteiger partial charge in [0.15, 0.2) is 5.69 Å². The lowest BCUT2D eigenvalue weighted by atomic mass is 10.2. The molecule has 0 radical (unpaired) electrons. The Morgan fingerprint density at radius 1 is 1.19 bits per heavy atom. The van der Waals surface area contributed by atoms with Crippen molar-refractivity contribution in [2.75, 3.05) is 11.1 Å². The lowest BCUT2D eigenvalue weighted by molar-refractivity contribution is -0.137. The molecule has 1 aromatic heterocycles. The van der Waals surface area contributed by atoms with E-state index in [1.807, 2.05) is 0 Å². The number of benzene rings is 1. The van der Waals surface area contributed by atoms with E-state index in [1.165, 1.54) is 18.2 Å². The topological polar surface area (TPSA) is 80.9 Å². The van der Waals surface area contributed by atoms with Crippen LogP contribution in [-0.2, 0) is 6.18 Å². The number of nitrogens with one attached hydrogen (secondary N) is 1. The lowest BCUT2D eigenvalue weighted by Gasteiger charge is -2.10. The number of carbonyl (C=O) groups is 1. The van der Waals surface area contributed by atoms with E-state index in [4.69, 9.17) is 17.3 Å². The average molecular weight is 317 g/mol. The Morgan fingerprint density at radius 3 is 2.48 bits per heavy atom. The largest absolute Gasteiger partial charge is 0.416 e. The van der Waals surface area contributed by atoms with E-state index in [0.29, 0.717) is 0 Å². The highest BCUT2D eigenvalue weighted by atomic mass is 35.5. The molecule has 2 aromatic rings. The fourth-order valence-corrected chi connectivity index (χ4v) is 1.72. The Labute approximate surface area is 121 Å². The summed E-state index contributed by atoms with van der Waals surface area (Å²) in [4.78, 5) is 11.8. The molecule has 0 aliphatic carbocycles. The molecule has 0 saturated heterocycles. The maximum atomic E-state index is 12.6. The summed E-state index contributed by atoms with van der Waals surface area (Å²) in [6.45, 7) is 0. The van der Waals surface area contributed by atoms with Crippen molar-refractivity contribution in [2.24, 2.45) is 0 Å². The van der Waals surface area contributed by atoms with Crippen LogP contribution in [0.1, 0.15) is 16.1 Å². The first-order chi connectivity index (χ1) is 9.75. The first-order valence-corrected chi connectivity index (χ1v) is 5.92. The Balaban J connectivity index is 2.25. The summed E-state index contributed by atoms with van der Waals surface area (Å²) in [6, 6.07) is 5.38. The molecular formula is C12H8ClF3N4O. The molecule has 1 aromatic carbocycles. The first kappa shape index (κ1) is 15.0. The third-order valence-corrected chi connectivity index (χ3v) is 2.62. The van der Waals surface area contributed by atoms with E-state index >= 15 is 0 Å². The van der Waals surface area contributed by atoms with Gasteiger partial charge in [-0.1, -0.05) is 11.6 Å². The molecule has 3 N–H and O–H groups in total. The number of anilines is 2. The molecule has 9 heteroatoms. The standard InChI is InChI=1S/C12H8ClF3N4O/c13-7-3-6(12(14,15)16)4-8(5-7)18-11(21)9-1-2-10(17)20-19-9/h1-5H,(H2,17,20)(H,18,21). The zero-order chi connectivity index (χ0) is 15.6. The number of alkyl halides is 3. The minimum Gasteiger partial charge on any atom is -0.382 e. The van der Waals surface area contributed by atoms with E-state index in [2.05, 4.69) is 15.5 Å². The summed E-state index contributed by atoms with van der Waals surface area (Å²) in [5.74, 6) is -0.605. The van der Waals surface area contributed by atoms with Crippen LogP contribution in [0.4, 0.5) is 24.7 Å². The average Bonchev–Trinajstić information content (AvgIpc) is 2.37. The number of aromatic nitrogens is 2. The molecule has 0 saturated carbocycles. The van der Waals surface area contributed by atoms with E-state index in [-0.39, 0.29) is 22.2 Å². The third-order valence-electron chi connectivity index (χ3n) is 2.40. The summed E-state index contributed by atoms with van der Waals surface area (Å²) in [5.41, 5.74) is 4.17. The number of nitrogen functional groups attached to an aromatic ring is 1. The predicted molar refractivity (Wildman–Crippen MR) is 70.9 cm³/mol. The SMILES string of the molecule is Nc1ccc(C(=O)Nc2cc(Cl)cc(C(F)(F)F)c2)nn1. The van der Waals surface area contributed by atoms with E-state index in [1.54, 1.807) is 0 Å². The van der Waals surface area contributed by atoms with Crippen LogP contribution in [0.5, 0.6) is 0 Å². The van der Waals surface area contributed by atoms with Crippen molar-refractivity contribution < 1.29 is 18.0 Å². The van der Waals surface area contributed by atoms with Gasteiger partial charge in [0.1, 0.15) is 5.82 Å². The Morgan fingerprint density at radius 2 is 1.90 bits per heavy atom. The molecule has 5 nitrogen and oxygen atoms in total. The van der Waals surface area contributed by atoms with Crippen LogP contribution in [0.2, 0.25) is 5.02 Å². The zero-order valence-corrected chi connectivity index (χ0v) is 11.0. The van der Waals surface area contributed by atoms with Gasteiger partial charge in [-0.05, 0) is 30.3 Å². The number of rotatable bonds is 2. The Bertz CT molecular complexity index is 673. The van der Waals surface area contributed by atoms with Gasteiger partial charge in [-0.15, -0.1) is 10.2 Å². The van der Waals surface area contributed by atoms with E-state index < -0.39 is 17.6 Å². The Kier molecular flexibility index (Phi) is 3.99. The number of nitrogens with two attached hydrogens (primary N) is 1. The third kappa shape index (κ3) is 3.82. The second-order valence-corrected chi connectivity index (χ2v) is 4.46. The fraction of sp³-hybridized carbons (Fsp3) is 0.0833.